The molecule has 4 aromatic rings. The monoisotopic (exact) mass is 387 g/mol. The van der Waals surface area contributed by atoms with Crippen LogP contribution >= 0.6 is 11.6 Å². The predicted octanol–water partition coefficient (Wildman–Crippen LogP) is 4.20. The van der Waals surface area contributed by atoms with Gasteiger partial charge in [0.15, 0.2) is 0 Å². The first-order valence-electron chi connectivity index (χ1n) is 8.45. The molecule has 0 saturated heterocycles. The van der Waals surface area contributed by atoms with Gasteiger partial charge < -0.3 is 4.90 Å². The summed E-state index contributed by atoms with van der Waals surface area (Å²) in [5, 5.41) is 9.81. The van der Waals surface area contributed by atoms with Crippen molar-refractivity contribution in [1.29, 1.82) is 5.26 Å². The molecule has 4 rings (SSSR count). The standard InChI is InChI=1S/C21H14ClN5O/c1-26(17-8-6-16(22)7-9-17)20(28)19-18(15-5-2-4-14(12-15)13-23)25-21-24-10-3-11-27(19)21/h2-12H,1H3. The van der Waals surface area contributed by atoms with Gasteiger partial charge in [-0.1, -0.05) is 23.7 Å². The highest BCUT2D eigenvalue weighted by atomic mass is 35.5. The lowest BCUT2D eigenvalue weighted by Crippen LogP contribution is -2.28. The van der Waals surface area contributed by atoms with Crippen LogP contribution in [0.3, 0.4) is 0 Å². The van der Waals surface area contributed by atoms with Crippen LogP contribution in [0.25, 0.3) is 17.0 Å². The minimum Gasteiger partial charge on any atom is -0.310 e. The maximum Gasteiger partial charge on any atom is 0.277 e. The van der Waals surface area contributed by atoms with Gasteiger partial charge in [0, 0.05) is 35.7 Å². The molecule has 0 aliphatic carbocycles. The Hall–Kier alpha value is -3.69. The smallest absolute Gasteiger partial charge is 0.277 e. The second-order valence-corrected chi connectivity index (χ2v) is 6.57. The molecule has 0 fully saturated rings. The normalized spacial score (nSPS) is 10.6. The molecule has 1 amide bonds. The van der Waals surface area contributed by atoms with Crippen molar-refractivity contribution >= 4 is 29.0 Å². The van der Waals surface area contributed by atoms with Crippen LogP contribution in [0.1, 0.15) is 16.1 Å². The quantitative estimate of drug-likeness (QED) is 0.528. The van der Waals surface area contributed by atoms with Crippen molar-refractivity contribution in [1.82, 2.24) is 14.4 Å². The van der Waals surface area contributed by atoms with Crippen LogP contribution in [0.15, 0.2) is 67.0 Å². The number of amides is 1. The summed E-state index contributed by atoms with van der Waals surface area (Å²) in [5.74, 6) is 0.160. The second kappa shape index (κ2) is 7.14. The van der Waals surface area contributed by atoms with E-state index in [4.69, 9.17) is 11.6 Å². The Kier molecular flexibility index (Phi) is 4.52. The van der Waals surface area contributed by atoms with Crippen LogP contribution in [0.4, 0.5) is 5.69 Å². The van der Waals surface area contributed by atoms with E-state index in [9.17, 15) is 10.1 Å². The molecule has 0 N–H and O–H groups in total. The summed E-state index contributed by atoms with van der Waals surface area (Å²) in [6, 6.07) is 17.9. The highest BCUT2D eigenvalue weighted by Gasteiger charge is 2.24. The summed E-state index contributed by atoms with van der Waals surface area (Å²) in [6.45, 7) is 0. The fourth-order valence-electron chi connectivity index (χ4n) is 2.97. The van der Waals surface area contributed by atoms with Gasteiger partial charge >= 0.3 is 0 Å². The van der Waals surface area contributed by atoms with E-state index in [2.05, 4.69) is 16.0 Å². The maximum absolute atomic E-state index is 13.4. The largest absolute Gasteiger partial charge is 0.310 e. The highest BCUT2D eigenvalue weighted by Crippen LogP contribution is 2.27. The topological polar surface area (TPSA) is 74.3 Å². The molecule has 0 bridgehead atoms. The Morgan fingerprint density at radius 2 is 1.96 bits per heavy atom. The van der Waals surface area contributed by atoms with E-state index in [0.29, 0.717) is 39.0 Å². The number of hydrogen-bond acceptors (Lipinski definition) is 4. The molecule has 2 heterocycles. The summed E-state index contributed by atoms with van der Waals surface area (Å²) in [5.41, 5.74) is 2.71. The Morgan fingerprint density at radius 3 is 2.71 bits per heavy atom. The van der Waals surface area contributed by atoms with Gasteiger partial charge in [-0.15, -0.1) is 0 Å². The molecule has 28 heavy (non-hydrogen) atoms. The highest BCUT2D eigenvalue weighted by molar-refractivity contribution is 6.30. The minimum atomic E-state index is -0.250. The Balaban J connectivity index is 1.88. The number of hydrogen-bond donors (Lipinski definition) is 0. The van der Waals surface area contributed by atoms with Crippen molar-refractivity contribution in [3.05, 3.63) is 83.3 Å². The molecule has 0 aliphatic heterocycles. The molecule has 6 nitrogen and oxygen atoms in total. The lowest BCUT2D eigenvalue weighted by molar-refractivity contribution is 0.0988. The van der Waals surface area contributed by atoms with Crippen molar-refractivity contribution < 1.29 is 4.79 Å². The van der Waals surface area contributed by atoms with Gasteiger partial charge in [0.2, 0.25) is 5.78 Å². The molecular formula is C21H14ClN5O. The predicted molar refractivity (Wildman–Crippen MR) is 107 cm³/mol. The van der Waals surface area contributed by atoms with E-state index < -0.39 is 0 Å². The van der Waals surface area contributed by atoms with Gasteiger partial charge in [-0.3, -0.25) is 9.20 Å². The van der Waals surface area contributed by atoms with Gasteiger partial charge in [0.05, 0.1) is 11.6 Å². The lowest BCUT2D eigenvalue weighted by Gasteiger charge is -2.18. The Morgan fingerprint density at radius 1 is 1.18 bits per heavy atom. The average Bonchev–Trinajstić information content (AvgIpc) is 3.13. The first-order valence-corrected chi connectivity index (χ1v) is 8.83. The molecule has 2 aromatic carbocycles. The summed E-state index contributed by atoms with van der Waals surface area (Å²) in [7, 11) is 1.69. The Bertz CT molecular complexity index is 1220. The molecule has 0 aliphatic rings. The van der Waals surface area contributed by atoms with Crippen LogP contribution in [-0.2, 0) is 0 Å². The third-order valence-electron chi connectivity index (χ3n) is 4.39. The van der Waals surface area contributed by atoms with Gasteiger partial charge in [0.25, 0.3) is 5.91 Å². The summed E-state index contributed by atoms with van der Waals surface area (Å²) >= 11 is 5.96. The van der Waals surface area contributed by atoms with Crippen LogP contribution in [0.5, 0.6) is 0 Å². The van der Waals surface area contributed by atoms with Crippen molar-refractivity contribution in [2.45, 2.75) is 0 Å². The zero-order valence-corrected chi connectivity index (χ0v) is 15.6. The van der Waals surface area contributed by atoms with E-state index in [1.807, 2.05) is 6.07 Å². The molecular weight excluding hydrogens is 374 g/mol. The van der Waals surface area contributed by atoms with E-state index >= 15 is 0 Å². The molecule has 0 spiro atoms. The third kappa shape index (κ3) is 3.08. The van der Waals surface area contributed by atoms with E-state index in [0.717, 1.165) is 0 Å². The second-order valence-electron chi connectivity index (χ2n) is 6.13. The summed E-state index contributed by atoms with van der Waals surface area (Å²) in [6.07, 6.45) is 3.37. The van der Waals surface area contributed by atoms with Crippen LogP contribution in [0, 0.1) is 11.3 Å². The number of carbonyl (C=O) groups is 1. The number of halogens is 1. The number of nitriles is 1. The number of imidazole rings is 1. The first-order chi connectivity index (χ1) is 13.6. The van der Waals surface area contributed by atoms with Crippen molar-refractivity contribution in [2.75, 3.05) is 11.9 Å². The zero-order chi connectivity index (χ0) is 19.7. The molecule has 136 valence electrons. The van der Waals surface area contributed by atoms with Gasteiger partial charge in [-0.25, -0.2) is 9.97 Å². The summed E-state index contributed by atoms with van der Waals surface area (Å²) in [4.78, 5) is 23.7. The number of nitrogens with zero attached hydrogens (tertiary/aromatic N) is 5. The van der Waals surface area contributed by atoms with E-state index in [1.54, 1.807) is 72.4 Å². The van der Waals surface area contributed by atoms with Crippen molar-refractivity contribution in [3.63, 3.8) is 0 Å². The molecule has 2 aromatic heterocycles. The van der Waals surface area contributed by atoms with Gasteiger partial charge in [-0.2, -0.15) is 5.26 Å². The minimum absolute atomic E-state index is 0.250. The number of rotatable bonds is 3. The lowest BCUT2D eigenvalue weighted by atomic mass is 10.1. The molecule has 0 saturated carbocycles. The van der Waals surface area contributed by atoms with E-state index in [1.165, 1.54) is 4.90 Å². The number of benzene rings is 2. The molecule has 0 radical (unpaired) electrons. The fourth-order valence-corrected chi connectivity index (χ4v) is 3.10. The number of fused-ring (bicyclic) bond motifs is 1. The summed E-state index contributed by atoms with van der Waals surface area (Å²) < 4.78 is 1.66. The number of aromatic nitrogens is 3. The molecule has 0 unspecified atom stereocenters. The van der Waals surface area contributed by atoms with E-state index in [-0.39, 0.29) is 5.91 Å². The number of carbonyl (C=O) groups excluding carboxylic acids is 1. The van der Waals surface area contributed by atoms with Crippen LogP contribution < -0.4 is 4.90 Å². The SMILES string of the molecule is CN(C(=O)c1c(-c2cccc(C#N)c2)nc2ncccn12)c1ccc(Cl)cc1. The average molecular weight is 388 g/mol. The first kappa shape index (κ1) is 17.7. The van der Waals surface area contributed by atoms with Gasteiger partial charge in [0.1, 0.15) is 11.4 Å². The van der Waals surface area contributed by atoms with Crippen molar-refractivity contribution in [3.8, 4) is 17.3 Å². The molecule has 7 heteroatoms. The maximum atomic E-state index is 13.4. The fraction of sp³-hybridized carbons (Fsp3) is 0.0476. The van der Waals surface area contributed by atoms with Crippen LogP contribution in [0.2, 0.25) is 5.02 Å². The Labute approximate surface area is 166 Å². The number of anilines is 1. The van der Waals surface area contributed by atoms with Crippen LogP contribution in [-0.4, -0.2) is 27.3 Å². The zero-order valence-electron chi connectivity index (χ0n) is 14.9. The van der Waals surface area contributed by atoms with Crippen molar-refractivity contribution in [2.24, 2.45) is 0 Å². The molecule has 0 atom stereocenters. The van der Waals surface area contributed by atoms with Gasteiger partial charge in [-0.05, 0) is 42.5 Å². The third-order valence-corrected chi connectivity index (χ3v) is 4.64.